The fraction of sp³-hybridized carbons (Fsp3) is 1.00. The number of halogens is 1. The molecular formula is C7H11FO6S2. The fourth-order valence-electron chi connectivity index (χ4n) is 1.86. The highest BCUT2D eigenvalue weighted by atomic mass is 32.3. The molecule has 9 heteroatoms. The first-order valence-electron chi connectivity index (χ1n) is 4.81. The molecule has 2 aliphatic rings. The van der Waals surface area contributed by atoms with Gasteiger partial charge in [0.2, 0.25) is 0 Å². The number of fused-ring (bicyclic) bond motifs is 1. The van der Waals surface area contributed by atoms with E-state index in [9.17, 15) is 21.2 Å². The Morgan fingerprint density at radius 2 is 1.25 bits per heavy atom. The Morgan fingerprint density at radius 1 is 0.875 bits per heavy atom. The Hall–Kier alpha value is -0.250. The minimum atomic E-state index is -4.76. The van der Waals surface area contributed by atoms with Crippen molar-refractivity contribution < 1.29 is 29.6 Å². The molecule has 2 fully saturated rings. The zero-order chi connectivity index (χ0) is 12.0. The van der Waals surface area contributed by atoms with Crippen molar-refractivity contribution in [2.24, 2.45) is 0 Å². The van der Waals surface area contributed by atoms with Gasteiger partial charge in [-0.25, -0.2) is 4.39 Å². The largest absolute Gasteiger partial charge is 0.349 e. The van der Waals surface area contributed by atoms with Gasteiger partial charge in [0, 0.05) is 0 Å². The molecule has 1 heterocycles. The molecule has 0 aromatic heterocycles. The van der Waals surface area contributed by atoms with Gasteiger partial charge in [-0.15, -0.1) is 0 Å². The van der Waals surface area contributed by atoms with Crippen LogP contribution in [0.25, 0.3) is 0 Å². The summed E-state index contributed by atoms with van der Waals surface area (Å²) in [5, 5.41) is 0. The van der Waals surface area contributed by atoms with Gasteiger partial charge in [-0.2, -0.15) is 16.8 Å². The standard InChI is InChI=1S/C7H11FO6S2/c8-7-15(9,10)13-5-3-1-2-4-6(5)14-16(7,11)12/h5-7H,1-4H2. The van der Waals surface area contributed by atoms with Crippen LogP contribution in [0.5, 0.6) is 0 Å². The van der Waals surface area contributed by atoms with Gasteiger partial charge in [0.05, 0.1) is 0 Å². The van der Waals surface area contributed by atoms with Crippen molar-refractivity contribution in [3.63, 3.8) is 0 Å². The molecule has 1 aliphatic heterocycles. The van der Waals surface area contributed by atoms with Crippen LogP contribution in [-0.4, -0.2) is 33.9 Å². The van der Waals surface area contributed by atoms with Gasteiger partial charge in [0.25, 0.3) is 0 Å². The molecule has 0 radical (unpaired) electrons. The highest BCUT2D eigenvalue weighted by Crippen LogP contribution is 2.33. The first kappa shape index (κ1) is 12.2. The molecule has 0 aromatic carbocycles. The third kappa shape index (κ3) is 2.08. The Kier molecular flexibility index (Phi) is 2.97. The molecule has 16 heavy (non-hydrogen) atoms. The Bertz CT molecular complexity index is 425. The predicted octanol–water partition coefficient (Wildman–Crippen LogP) is 0.257. The van der Waals surface area contributed by atoms with Crippen LogP contribution in [0.2, 0.25) is 0 Å². The van der Waals surface area contributed by atoms with Crippen LogP contribution in [0.4, 0.5) is 4.39 Å². The number of alkyl halides is 1. The van der Waals surface area contributed by atoms with Crippen molar-refractivity contribution in [1.82, 2.24) is 0 Å². The van der Waals surface area contributed by atoms with Crippen LogP contribution in [0.1, 0.15) is 25.7 Å². The molecule has 1 aliphatic carbocycles. The van der Waals surface area contributed by atoms with Gasteiger partial charge in [0.1, 0.15) is 12.2 Å². The number of hydrogen-bond donors (Lipinski definition) is 0. The summed E-state index contributed by atoms with van der Waals surface area (Å²) >= 11 is 0. The van der Waals surface area contributed by atoms with Crippen molar-refractivity contribution in [2.45, 2.75) is 42.7 Å². The Labute approximate surface area is 93.0 Å². The monoisotopic (exact) mass is 274 g/mol. The van der Waals surface area contributed by atoms with E-state index in [2.05, 4.69) is 8.37 Å². The molecule has 94 valence electrons. The lowest BCUT2D eigenvalue weighted by Crippen LogP contribution is -2.34. The zero-order valence-electron chi connectivity index (χ0n) is 8.20. The van der Waals surface area contributed by atoms with E-state index in [0.29, 0.717) is 25.7 Å². The molecule has 0 amide bonds. The lowest BCUT2D eigenvalue weighted by molar-refractivity contribution is 0.0372. The van der Waals surface area contributed by atoms with Crippen molar-refractivity contribution in [2.75, 3.05) is 0 Å². The van der Waals surface area contributed by atoms with Gasteiger partial charge in [-0.05, 0) is 12.8 Å². The maximum absolute atomic E-state index is 13.2. The van der Waals surface area contributed by atoms with Crippen LogP contribution < -0.4 is 0 Å². The molecular weight excluding hydrogens is 263 g/mol. The molecule has 2 atom stereocenters. The van der Waals surface area contributed by atoms with Crippen molar-refractivity contribution in [1.29, 1.82) is 0 Å². The van der Waals surface area contributed by atoms with Gasteiger partial charge < -0.3 is 0 Å². The van der Waals surface area contributed by atoms with Crippen molar-refractivity contribution in [3.8, 4) is 0 Å². The lowest BCUT2D eigenvalue weighted by atomic mass is 9.95. The van der Waals surface area contributed by atoms with E-state index in [1.54, 1.807) is 0 Å². The summed E-state index contributed by atoms with van der Waals surface area (Å²) in [7, 11) is -9.51. The maximum Gasteiger partial charge on any atom is 0.349 e. The Morgan fingerprint density at radius 3 is 1.62 bits per heavy atom. The summed E-state index contributed by atoms with van der Waals surface area (Å²) in [5.74, 6) is 0. The summed E-state index contributed by atoms with van der Waals surface area (Å²) in [5.41, 5.74) is 0. The normalized spacial score (nSPS) is 41.9. The third-order valence-electron chi connectivity index (χ3n) is 2.61. The minimum Gasteiger partial charge on any atom is -0.261 e. The van der Waals surface area contributed by atoms with Gasteiger partial charge in [-0.3, -0.25) is 8.37 Å². The SMILES string of the molecule is O=S1(=O)OC2CCCCC2OS(=O)(=O)C1F. The molecule has 0 N–H and O–H groups in total. The quantitative estimate of drug-likeness (QED) is 0.589. The van der Waals surface area contributed by atoms with E-state index >= 15 is 0 Å². The first-order valence-corrected chi connectivity index (χ1v) is 7.75. The predicted molar refractivity (Wildman–Crippen MR) is 50.9 cm³/mol. The van der Waals surface area contributed by atoms with Crippen LogP contribution >= 0.6 is 0 Å². The van der Waals surface area contributed by atoms with Crippen molar-refractivity contribution in [3.05, 3.63) is 0 Å². The van der Waals surface area contributed by atoms with E-state index in [-0.39, 0.29) is 0 Å². The molecule has 2 unspecified atom stereocenters. The van der Waals surface area contributed by atoms with E-state index in [0.717, 1.165) is 0 Å². The number of rotatable bonds is 0. The topological polar surface area (TPSA) is 86.7 Å². The molecule has 2 rings (SSSR count). The highest BCUT2D eigenvalue weighted by Gasteiger charge is 2.49. The fourth-order valence-corrected chi connectivity index (χ4v) is 4.59. The Balaban J connectivity index is 2.40. The zero-order valence-corrected chi connectivity index (χ0v) is 9.84. The second-order valence-corrected chi connectivity index (χ2v) is 7.30. The van der Waals surface area contributed by atoms with Crippen LogP contribution in [-0.2, 0) is 28.6 Å². The number of hydrogen-bond acceptors (Lipinski definition) is 6. The van der Waals surface area contributed by atoms with Crippen LogP contribution in [0, 0.1) is 0 Å². The van der Waals surface area contributed by atoms with E-state index in [1.165, 1.54) is 0 Å². The summed E-state index contributed by atoms with van der Waals surface area (Å²) in [6.07, 6.45) is 0.329. The van der Waals surface area contributed by atoms with E-state index in [4.69, 9.17) is 0 Å². The molecule has 1 saturated carbocycles. The third-order valence-corrected chi connectivity index (χ3v) is 5.96. The van der Waals surface area contributed by atoms with Gasteiger partial charge in [0.15, 0.2) is 0 Å². The molecule has 0 aromatic rings. The summed E-state index contributed by atoms with van der Waals surface area (Å²) in [4.78, 5) is -3.15. The molecule has 6 nitrogen and oxygen atoms in total. The molecule has 1 saturated heterocycles. The second kappa shape index (κ2) is 3.90. The summed E-state index contributed by atoms with van der Waals surface area (Å²) in [6, 6.07) is 0. The van der Waals surface area contributed by atoms with Crippen LogP contribution in [0.15, 0.2) is 0 Å². The maximum atomic E-state index is 13.2. The van der Waals surface area contributed by atoms with Crippen LogP contribution in [0.3, 0.4) is 0 Å². The molecule has 0 bridgehead atoms. The minimum absolute atomic E-state index is 0.353. The van der Waals surface area contributed by atoms with Gasteiger partial charge in [-0.1, -0.05) is 12.8 Å². The van der Waals surface area contributed by atoms with Crippen molar-refractivity contribution >= 4 is 20.2 Å². The first-order chi connectivity index (χ1) is 7.33. The molecule has 0 spiro atoms. The second-order valence-electron chi connectivity index (χ2n) is 3.81. The summed E-state index contributed by atoms with van der Waals surface area (Å²) in [6.45, 7) is 0. The highest BCUT2D eigenvalue weighted by molar-refractivity contribution is 8.04. The average molecular weight is 274 g/mol. The van der Waals surface area contributed by atoms with Gasteiger partial charge >= 0.3 is 25.1 Å². The van der Waals surface area contributed by atoms with E-state index in [1.807, 2.05) is 0 Å². The van der Waals surface area contributed by atoms with E-state index < -0.39 is 37.3 Å². The smallest absolute Gasteiger partial charge is 0.261 e. The lowest BCUT2D eigenvalue weighted by Gasteiger charge is -2.26. The average Bonchev–Trinajstić information content (AvgIpc) is 2.24. The summed E-state index contributed by atoms with van der Waals surface area (Å²) < 4.78 is 67.2.